The Morgan fingerprint density at radius 2 is 1.59 bits per heavy atom. The summed E-state index contributed by atoms with van der Waals surface area (Å²) in [6.45, 7) is 0.581. The molecule has 0 bridgehead atoms. The third-order valence-electron chi connectivity index (χ3n) is 5.48. The fourth-order valence-electron chi connectivity index (χ4n) is 3.55. The van der Waals surface area contributed by atoms with Gasteiger partial charge in [-0.05, 0) is 66.2 Å². The number of hydrogen-bond donors (Lipinski definition) is 2. The average Bonchev–Trinajstić information content (AvgIpc) is 2.93. The van der Waals surface area contributed by atoms with Crippen molar-refractivity contribution in [3.05, 3.63) is 114 Å². The van der Waals surface area contributed by atoms with Crippen LogP contribution in [0.5, 0.6) is 11.5 Å². The molecular formula is C29H25FN2O5. The van der Waals surface area contributed by atoms with E-state index in [4.69, 9.17) is 9.47 Å². The summed E-state index contributed by atoms with van der Waals surface area (Å²) >= 11 is 0. The van der Waals surface area contributed by atoms with E-state index in [0.717, 1.165) is 16.8 Å². The molecule has 0 radical (unpaired) electrons. The highest BCUT2D eigenvalue weighted by molar-refractivity contribution is 5.94. The van der Waals surface area contributed by atoms with Crippen molar-refractivity contribution in [3.8, 4) is 22.8 Å². The van der Waals surface area contributed by atoms with Gasteiger partial charge in [-0.2, -0.15) is 0 Å². The fraction of sp³-hybridized carbons (Fsp3) is 0.138. The van der Waals surface area contributed by atoms with Crippen LogP contribution in [0, 0.1) is 5.82 Å². The van der Waals surface area contributed by atoms with Crippen LogP contribution in [0.2, 0.25) is 0 Å². The third-order valence-corrected chi connectivity index (χ3v) is 5.48. The first kappa shape index (κ1) is 25.4. The number of carboxylic acid groups (broad SMARTS) is 1. The van der Waals surface area contributed by atoms with Gasteiger partial charge in [0.15, 0.2) is 6.10 Å². The maximum Gasteiger partial charge on any atom is 0.345 e. The molecule has 1 atom stereocenters. The number of aromatic nitrogens is 1. The van der Waals surface area contributed by atoms with Crippen molar-refractivity contribution in [2.24, 2.45) is 0 Å². The van der Waals surface area contributed by atoms with E-state index in [-0.39, 0.29) is 24.7 Å². The molecule has 7 nitrogen and oxygen atoms in total. The van der Waals surface area contributed by atoms with Crippen LogP contribution in [0.15, 0.2) is 97.2 Å². The molecule has 2 N–H and O–H groups in total. The first-order valence-corrected chi connectivity index (χ1v) is 11.6. The van der Waals surface area contributed by atoms with Gasteiger partial charge in [-0.25, -0.2) is 9.18 Å². The zero-order valence-electron chi connectivity index (χ0n) is 19.8. The van der Waals surface area contributed by atoms with Gasteiger partial charge < -0.3 is 19.9 Å². The molecule has 1 unspecified atom stereocenters. The summed E-state index contributed by atoms with van der Waals surface area (Å²) < 4.78 is 24.2. The maximum atomic E-state index is 13.1. The first-order valence-electron chi connectivity index (χ1n) is 11.6. The van der Waals surface area contributed by atoms with Gasteiger partial charge in [-0.15, -0.1) is 0 Å². The number of nitrogens with zero attached hydrogens (tertiary/aromatic N) is 1. The number of pyridine rings is 1. The van der Waals surface area contributed by atoms with Crippen LogP contribution in [0.1, 0.15) is 15.9 Å². The minimum absolute atomic E-state index is 0.127. The van der Waals surface area contributed by atoms with Crippen LogP contribution >= 0.6 is 0 Å². The summed E-state index contributed by atoms with van der Waals surface area (Å²) in [7, 11) is 0. The number of hydrogen-bond acceptors (Lipinski definition) is 5. The monoisotopic (exact) mass is 500 g/mol. The largest absolute Gasteiger partial charge is 0.492 e. The Balaban J connectivity index is 1.22. The Labute approximate surface area is 213 Å². The number of carboxylic acids is 1. The summed E-state index contributed by atoms with van der Waals surface area (Å²) in [5.74, 6) is -0.882. The van der Waals surface area contributed by atoms with Crippen molar-refractivity contribution in [1.29, 1.82) is 0 Å². The van der Waals surface area contributed by atoms with E-state index in [1.54, 1.807) is 42.6 Å². The van der Waals surface area contributed by atoms with E-state index in [2.05, 4.69) is 10.3 Å². The van der Waals surface area contributed by atoms with Gasteiger partial charge in [-0.3, -0.25) is 9.78 Å². The van der Waals surface area contributed by atoms with Crippen LogP contribution in [-0.2, 0) is 11.2 Å². The summed E-state index contributed by atoms with van der Waals surface area (Å²) in [6, 6.07) is 25.0. The summed E-state index contributed by atoms with van der Waals surface area (Å²) in [5.41, 5.74) is 3.05. The van der Waals surface area contributed by atoms with E-state index in [9.17, 15) is 19.1 Å². The predicted molar refractivity (Wildman–Crippen MR) is 136 cm³/mol. The smallest absolute Gasteiger partial charge is 0.345 e. The Kier molecular flexibility index (Phi) is 8.44. The van der Waals surface area contributed by atoms with E-state index in [0.29, 0.717) is 17.9 Å². The molecular weight excluding hydrogens is 475 g/mol. The van der Waals surface area contributed by atoms with Gasteiger partial charge in [0.1, 0.15) is 23.9 Å². The van der Waals surface area contributed by atoms with Gasteiger partial charge in [0.25, 0.3) is 5.91 Å². The molecule has 0 aliphatic heterocycles. The third kappa shape index (κ3) is 7.38. The molecule has 3 aromatic carbocycles. The van der Waals surface area contributed by atoms with Crippen molar-refractivity contribution in [2.45, 2.75) is 12.5 Å². The Bertz CT molecular complexity index is 1310. The second-order valence-corrected chi connectivity index (χ2v) is 8.14. The molecule has 0 spiro atoms. The molecule has 37 heavy (non-hydrogen) atoms. The molecule has 0 aliphatic rings. The standard InChI is InChI=1S/C29H25FN2O5/c30-23-10-14-25(15-11-23)37-27(29(34)35)19-20-4-12-24(13-5-20)36-18-17-32-28(33)22-8-6-21(7-9-22)26-3-1-2-16-31-26/h1-16,27H,17-19H2,(H,32,33)(H,34,35). The second kappa shape index (κ2) is 12.3. The minimum atomic E-state index is -1.12. The van der Waals surface area contributed by atoms with Crippen molar-refractivity contribution < 1.29 is 28.6 Å². The summed E-state index contributed by atoms with van der Waals surface area (Å²) in [6.07, 6.45) is 0.730. The molecule has 0 saturated carbocycles. The van der Waals surface area contributed by atoms with Crippen LogP contribution in [0.3, 0.4) is 0 Å². The summed E-state index contributed by atoms with van der Waals surface area (Å²) in [4.78, 5) is 28.3. The van der Waals surface area contributed by atoms with Crippen LogP contribution in [0.4, 0.5) is 4.39 Å². The fourth-order valence-corrected chi connectivity index (χ4v) is 3.55. The molecule has 4 rings (SSSR count). The van der Waals surface area contributed by atoms with Gasteiger partial charge in [0.2, 0.25) is 0 Å². The quantitative estimate of drug-likeness (QED) is 0.288. The number of carbonyl (C=O) groups excluding carboxylic acids is 1. The highest BCUT2D eigenvalue weighted by Gasteiger charge is 2.20. The number of aliphatic carboxylic acids is 1. The number of halogens is 1. The van der Waals surface area contributed by atoms with E-state index in [1.807, 2.05) is 30.3 Å². The Hall–Kier alpha value is -4.72. The Morgan fingerprint density at radius 1 is 0.892 bits per heavy atom. The first-order chi connectivity index (χ1) is 18.0. The second-order valence-electron chi connectivity index (χ2n) is 8.14. The molecule has 188 valence electrons. The summed E-state index contributed by atoms with van der Waals surface area (Å²) in [5, 5.41) is 12.3. The van der Waals surface area contributed by atoms with E-state index >= 15 is 0 Å². The van der Waals surface area contributed by atoms with Crippen molar-refractivity contribution in [3.63, 3.8) is 0 Å². The number of amides is 1. The van der Waals surface area contributed by atoms with Crippen LogP contribution < -0.4 is 14.8 Å². The Morgan fingerprint density at radius 3 is 2.24 bits per heavy atom. The average molecular weight is 501 g/mol. The highest BCUT2D eigenvalue weighted by atomic mass is 19.1. The van der Waals surface area contributed by atoms with Gasteiger partial charge in [0.05, 0.1) is 12.2 Å². The molecule has 0 aliphatic carbocycles. The van der Waals surface area contributed by atoms with Crippen LogP contribution in [0.25, 0.3) is 11.3 Å². The predicted octanol–water partition coefficient (Wildman–Crippen LogP) is 4.77. The van der Waals surface area contributed by atoms with Gasteiger partial charge >= 0.3 is 5.97 Å². The lowest BCUT2D eigenvalue weighted by atomic mass is 10.1. The lowest BCUT2D eigenvalue weighted by Crippen LogP contribution is -2.29. The molecule has 8 heteroatoms. The van der Waals surface area contributed by atoms with Crippen molar-refractivity contribution in [1.82, 2.24) is 10.3 Å². The zero-order chi connectivity index (χ0) is 26.0. The lowest BCUT2D eigenvalue weighted by molar-refractivity contribution is -0.145. The number of benzene rings is 3. The molecule has 1 aromatic heterocycles. The molecule has 0 fully saturated rings. The number of ether oxygens (including phenoxy) is 2. The molecule has 1 amide bonds. The molecule has 4 aromatic rings. The van der Waals surface area contributed by atoms with Crippen molar-refractivity contribution in [2.75, 3.05) is 13.2 Å². The zero-order valence-corrected chi connectivity index (χ0v) is 19.8. The maximum absolute atomic E-state index is 13.1. The SMILES string of the molecule is O=C(NCCOc1ccc(CC(Oc2ccc(F)cc2)C(=O)O)cc1)c1ccc(-c2ccccn2)cc1. The molecule has 1 heterocycles. The normalized spacial score (nSPS) is 11.4. The van der Waals surface area contributed by atoms with Crippen molar-refractivity contribution >= 4 is 11.9 Å². The van der Waals surface area contributed by atoms with E-state index in [1.165, 1.54) is 24.3 Å². The molecule has 0 saturated heterocycles. The highest BCUT2D eigenvalue weighted by Crippen LogP contribution is 2.19. The number of rotatable bonds is 11. The number of carbonyl (C=O) groups is 2. The number of nitrogens with one attached hydrogen (secondary N) is 1. The lowest BCUT2D eigenvalue weighted by Gasteiger charge is -2.15. The van der Waals surface area contributed by atoms with Gasteiger partial charge in [-0.1, -0.05) is 30.3 Å². The topological polar surface area (TPSA) is 97.8 Å². The van der Waals surface area contributed by atoms with E-state index < -0.39 is 17.9 Å². The van der Waals surface area contributed by atoms with Crippen LogP contribution in [-0.4, -0.2) is 41.2 Å². The van der Waals surface area contributed by atoms with Gasteiger partial charge in [0, 0.05) is 23.7 Å². The minimum Gasteiger partial charge on any atom is -0.492 e.